The highest BCUT2D eigenvalue weighted by atomic mass is 32.2. The Bertz CT molecular complexity index is 483. The largest absolute Gasteiger partial charge is 0.359 e. The first kappa shape index (κ1) is 15.4. The van der Waals surface area contributed by atoms with Crippen molar-refractivity contribution in [3.8, 4) is 0 Å². The highest BCUT2D eigenvalue weighted by molar-refractivity contribution is 8.14. The maximum absolute atomic E-state index is 5.06. The highest BCUT2D eigenvalue weighted by Gasteiger charge is 2.40. The fourth-order valence-corrected chi connectivity index (χ4v) is 5.68. The molecule has 3 rings (SSSR count). The zero-order valence-electron chi connectivity index (χ0n) is 13.1. The van der Waals surface area contributed by atoms with Crippen LogP contribution in [0.2, 0.25) is 0 Å². The molecule has 0 radical (unpaired) electrons. The monoisotopic (exact) mass is 322 g/mol. The summed E-state index contributed by atoms with van der Waals surface area (Å²) in [6.45, 7) is 4.65. The van der Waals surface area contributed by atoms with E-state index in [1.54, 1.807) is 0 Å². The Balaban J connectivity index is 1.71. The third-order valence-corrected chi connectivity index (χ3v) is 6.81. The van der Waals surface area contributed by atoms with E-state index in [-0.39, 0.29) is 0 Å². The van der Waals surface area contributed by atoms with Gasteiger partial charge in [0.15, 0.2) is 5.17 Å². The Kier molecular flexibility index (Phi) is 4.95. The van der Waals surface area contributed by atoms with Crippen molar-refractivity contribution in [2.24, 2.45) is 10.9 Å². The van der Waals surface area contributed by atoms with E-state index in [4.69, 9.17) is 4.99 Å². The average molecular weight is 323 g/mol. The quantitative estimate of drug-likeness (QED) is 0.820. The van der Waals surface area contributed by atoms with Gasteiger partial charge in [-0.05, 0) is 36.6 Å². The summed E-state index contributed by atoms with van der Waals surface area (Å²) < 4.78 is 0. The summed E-state index contributed by atoms with van der Waals surface area (Å²) in [7, 11) is 0. The molecule has 0 aromatic carbocycles. The normalized spacial score (nSPS) is 32.5. The van der Waals surface area contributed by atoms with Crippen molar-refractivity contribution in [2.45, 2.75) is 64.0 Å². The van der Waals surface area contributed by atoms with Crippen LogP contribution in [0.25, 0.3) is 0 Å². The number of aliphatic imine (C=N–C) groups is 1. The Morgan fingerprint density at radius 1 is 1.52 bits per heavy atom. The predicted octanol–water partition coefficient (Wildman–Crippen LogP) is 5.23. The molecule has 1 N–H and O–H groups in total. The average Bonchev–Trinajstić information content (AvgIpc) is 3.09. The summed E-state index contributed by atoms with van der Waals surface area (Å²) >= 11 is 3.78. The molecule has 2 aliphatic rings. The highest BCUT2D eigenvalue weighted by Crippen LogP contribution is 2.39. The number of hydrogen-bond acceptors (Lipinski definition) is 3. The van der Waals surface area contributed by atoms with Gasteiger partial charge < -0.3 is 5.32 Å². The van der Waals surface area contributed by atoms with Gasteiger partial charge in [-0.15, -0.1) is 11.3 Å². The minimum Gasteiger partial charge on any atom is -0.359 e. The van der Waals surface area contributed by atoms with E-state index < -0.39 is 0 Å². The van der Waals surface area contributed by atoms with Crippen LogP contribution >= 0.6 is 23.1 Å². The molecule has 1 spiro atoms. The molecule has 116 valence electrons. The lowest BCUT2D eigenvalue weighted by molar-refractivity contribution is 0.242. The standard InChI is InChI=1S/C17H26N2S2/c1-3-6-14(15-8-5-10-20-15)18-16-19-17(12-21-16)9-4-7-13(2)11-17/h5,8,10,13-14H,3-4,6-7,9,11-12H2,1-2H3,(H,18,19). The smallest absolute Gasteiger partial charge is 0.157 e. The number of thioether (sulfide) groups is 1. The van der Waals surface area contributed by atoms with E-state index in [1.807, 2.05) is 23.1 Å². The lowest BCUT2D eigenvalue weighted by Crippen LogP contribution is -2.47. The second kappa shape index (κ2) is 6.74. The van der Waals surface area contributed by atoms with E-state index in [0.29, 0.717) is 11.6 Å². The minimum atomic E-state index is 0.341. The summed E-state index contributed by atoms with van der Waals surface area (Å²) in [6, 6.07) is 4.72. The van der Waals surface area contributed by atoms with Gasteiger partial charge in [0.1, 0.15) is 0 Å². The summed E-state index contributed by atoms with van der Waals surface area (Å²) in [4.78, 5) is 6.47. The van der Waals surface area contributed by atoms with Gasteiger partial charge in [0, 0.05) is 16.2 Å². The van der Waals surface area contributed by atoms with Gasteiger partial charge in [-0.2, -0.15) is 0 Å². The fraction of sp³-hybridized carbons (Fsp3) is 0.706. The van der Waals surface area contributed by atoms with Crippen molar-refractivity contribution in [3.05, 3.63) is 22.4 Å². The third kappa shape index (κ3) is 3.65. The van der Waals surface area contributed by atoms with Crippen molar-refractivity contribution in [1.82, 2.24) is 5.32 Å². The van der Waals surface area contributed by atoms with Gasteiger partial charge in [0.2, 0.25) is 0 Å². The third-order valence-electron chi connectivity index (χ3n) is 4.66. The molecule has 1 aromatic rings. The first-order valence-electron chi connectivity index (χ1n) is 8.23. The summed E-state index contributed by atoms with van der Waals surface area (Å²) in [5, 5.41) is 7.16. The lowest BCUT2D eigenvalue weighted by Gasteiger charge is -2.36. The van der Waals surface area contributed by atoms with E-state index >= 15 is 0 Å². The van der Waals surface area contributed by atoms with Crippen LogP contribution in [-0.4, -0.2) is 16.5 Å². The summed E-state index contributed by atoms with van der Waals surface area (Å²) in [5.41, 5.74) is 0.341. The molecule has 4 heteroatoms. The van der Waals surface area contributed by atoms with Gasteiger partial charge in [-0.1, -0.05) is 50.9 Å². The first-order chi connectivity index (χ1) is 10.2. The number of hydrogen-bond donors (Lipinski definition) is 1. The van der Waals surface area contributed by atoms with Gasteiger partial charge in [-0.3, -0.25) is 4.99 Å². The number of amidine groups is 1. The molecule has 21 heavy (non-hydrogen) atoms. The first-order valence-corrected chi connectivity index (χ1v) is 10.1. The van der Waals surface area contributed by atoms with Crippen LogP contribution in [0.5, 0.6) is 0 Å². The molecule has 1 saturated carbocycles. The number of nitrogens with one attached hydrogen (secondary N) is 1. The Hall–Kier alpha value is -0.480. The lowest BCUT2D eigenvalue weighted by atomic mass is 9.78. The Morgan fingerprint density at radius 3 is 3.14 bits per heavy atom. The van der Waals surface area contributed by atoms with E-state index in [9.17, 15) is 0 Å². The Morgan fingerprint density at radius 2 is 2.43 bits per heavy atom. The van der Waals surface area contributed by atoms with Gasteiger partial charge in [0.25, 0.3) is 0 Å². The van der Waals surface area contributed by atoms with Crippen LogP contribution < -0.4 is 5.32 Å². The molecule has 2 fully saturated rings. The molecule has 1 aromatic heterocycles. The zero-order chi connectivity index (χ0) is 14.7. The van der Waals surface area contributed by atoms with Crippen molar-refractivity contribution in [1.29, 1.82) is 0 Å². The van der Waals surface area contributed by atoms with E-state index in [1.165, 1.54) is 47.9 Å². The fourth-order valence-electron chi connectivity index (χ4n) is 3.65. The van der Waals surface area contributed by atoms with Gasteiger partial charge in [0.05, 0.1) is 6.04 Å². The molecule has 1 aliphatic carbocycles. The molecule has 3 atom stereocenters. The van der Waals surface area contributed by atoms with E-state index in [2.05, 4.69) is 36.7 Å². The maximum Gasteiger partial charge on any atom is 0.157 e. The van der Waals surface area contributed by atoms with Crippen molar-refractivity contribution < 1.29 is 0 Å². The zero-order valence-corrected chi connectivity index (χ0v) is 14.7. The predicted molar refractivity (Wildman–Crippen MR) is 95.4 cm³/mol. The molecule has 0 amide bonds. The number of thiophene rings is 1. The van der Waals surface area contributed by atoms with Crippen LogP contribution in [0.15, 0.2) is 22.5 Å². The van der Waals surface area contributed by atoms with Crippen LogP contribution in [0.3, 0.4) is 0 Å². The van der Waals surface area contributed by atoms with Gasteiger partial charge in [-0.25, -0.2) is 0 Å². The molecule has 2 heterocycles. The number of nitrogens with zero attached hydrogens (tertiary/aromatic N) is 1. The SMILES string of the molecule is CCCC(N=C1NC2(CCCC(C)C2)CS1)c1cccs1. The topological polar surface area (TPSA) is 24.4 Å². The van der Waals surface area contributed by atoms with Crippen LogP contribution in [0.4, 0.5) is 0 Å². The van der Waals surface area contributed by atoms with Gasteiger partial charge >= 0.3 is 0 Å². The van der Waals surface area contributed by atoms with Crippen molar-refractivity contribution >= 4 is 28.3 Å². The molecule has 0 bridgehead atoms. The van der Waals surface area contributed by atoms with Crippen molar-refractivity contribution in [3.63, 3.8) is 0 Å². The molecular formula is C17H26N2S2. The minimum absolute atomic E-state index is 0.341. The molecular weight excluding hydrogens is 296 g/mol. The summed E-state index contributed by atoms with van der Waals surface area (Å²) in [6.07, 6.45) is 7.73. The van der Waals surface area contributed by atoms with Crippen molar-refractivity contribution in [2.75, 3.05) is 5.75 Å². The maximum atomic E-state index is 5.06. The number of rotatable bonds is 4. The van der Waals surface area contributed by atoms with E-state index in [0.717, 1.165) is 12.3 Å². The second-order valence-electron chi connectivity index (χ2n) is 6.65. The Labute approximate surface area is 136 Å². The molecule has 2 nitrogen and oxygen atoms in total. The molecule has 1 saturated heterocycles. The van der Waals surface area contributed by atoms with Crippen LogP contribution in [0.1, 0.15) is 63.3 Å². The van der Waals surface area contributed by atoms with Crippen LogP contribution in [-0.2, 0) is 0 Å². The van der Waals surface area contributed by atoms with Crippen LogP contribution in [0, 0.1) is 5.92 Å². The molecule has 3 unspecified atom stereocenters. The molecule has 1 aliphatic heterocycles. The summed E-state index contributed by atoms with van der Waals surface area (Å²) in [5.74, 6) is 2.06. The second-order valence-corrected chi connectivity index (χ2v) is 8.59.